The normalized spacial score (nSPS) is 24.5. The minimum Gasteiger partial charge on any atom is -0.353 e. The summed E-state index contributed by atoms with van der Waals surface area (Å²) in [6, 6.07) is 0.509. The Morgan fingerprint density at radius 2 is 2.24 bits per heavy atom. The second kappa shape index (κ2) is 6.84. The van der Waals surface area contributed by atoms with Crippen molar-refractivity contribution in [3.8, 4) is 0 Å². The van der Waals surface area contributed by atoms with Crippen molar-refractivity contribution >= 4 is 5.96 Å². The van der Waals surface area contributed by atoms with Crippen LogP contribution in [0.3, 0.4) is 0 Å². The maximum Gasteiger partial charge on any atom is 0.205 e. The molecule has 4 heteroatoms. The van der Waals surface area contributed by atoms with Crippen molar-refractivity contribution < 1.29 is 0 Å². The number of guanidine groups is 1. The molecule has 1 unspecified atom stereocenters. The maximum atomic E-state index is 5.50. The van der Waals surface area contributed by atoms with Crippen LogP contribution in [0.1, 0.15) is 59.3 Å². The van der Waals surface area contributed by atoms with Gasteiger partial charge in [-0.3, -0.25) is 10.4 Å². The van der Waals surface area contributed by atoms with Gasteiger partial charge in [-0.15, -0.1) is 0 Å². The van der Waals surface area contributed by atoms with Gasteiger partial charge in [0.05, 0.1) is 0 Å². The summed E-state index contributed by atoms with van der Waals surface area (Å²) in [6.07, 6.45) is 7.31. The molecule has 0 aromatic rings. The van der Waals surface area contributed by atoms with Gasteiger partial charge in [0.2, 0.25) is 5.96 Å². The van der Waals surface area contributed by atoms with Crippen LogP contribution in [0.25, 0.3) is 0 Å². The third-order valence-corrected chi connectivity index (χ3v) is 3.46. The van der Waals surface area contributed by atoms with E-state index < -0.39 is 0 Å². The summed E-state index contributed by atoms with van der Waals surface area (Å²) in [4.78, 5) is 4.44. The number of unbranched alkanes of at least 4 members (excludes halogenated alkanes) is 1. The van der Waals surface area contributed by atoms with E-state index in [2.05, 4.69) is 36.5 Å². The molecule has 0 aromatic carbocycles. The molecule has 0 aliphatic heterocycles. The van der Waals surface area contributed by atoms with E-state index in [0.717, 1.165) is 25.3 Å². The summed E-state index contributed by atoms with van der Waals surface area (Å²) >= 11 is 0. The van der Waals surface area contributed by atoms with Gasteiger partial charge < -0.3 is 5.32 Å². The molecular weight excluding hydrogens is 212 g/mol. The minimum absolute atomic E-state index is 0.443. The highest BCUT2D eigenvalue weighted by Gasteiger charge is 2.28. The Bertz CT molecular complexity index is 248. The largest absolute Gasteiger partial charge is 0.353 e. The Labute approximate surface area is 105 Å². The van der Waals surface area contributed by atoms with Gasteiger partial charge in [-0.1, -0.05) is 33.6 Å². The first kappa shape index (κ1) is 14.3. The molecule has 0 radical (unpaired) electrons. The monoisotopic (exact) mass is 240 g/mol. The summed E-state index contributed by atoms with van der Waals surface area (Å²) in [5.41, 5.74) is 3.12. The molecular formula is C13H28N4. The van der Waals surface area contributed by atoms with Crippen molar-refractivity contribution in [2.24, 2.45) is 16.3 Å². The number of aliphatic imine (C=N–C) groups is 1. The van der Waals surface area contributed by atoms with Crippen LogP contribution >= 0.6 is 0 Å². The van der Waals surface area contributed by atoms with E-state index in [-0.39, 0.29) is 0 Å². The fourth-order valence-corrected chi connectivity index (χ4v) is 2.50. The highest BCUT2D eigenvalue weighted by molar-refractivity contribution is 5.79. The van der Waals surface area contributed by atoms with Crippen LogP contribution in [0, 0.1) is 5.41 Å². The topological polar surface area (TPSA) is 62.4 Å². The Kier molecular flexibility index (Phi) is 5.75. The molecule has 1 rings (SSSR count). The number of rotatable bonds is 4. The van der Waals surface area contributed by atoms with Crippen molar-refractivity contribution in [2.75, 3.05) is 6.54 Å². The zero-order valence-electron chi connectivity index (χ0n) is 11.6. The molecule has 4 nitrogen and oxygen atoms in total. The van der Waals surface area contributed by atoms with E-state index in [4.69, 9.17) is 5.84 Å². The highest BCUT2D eigenvalue weighted by atomic mass is 15.3. The average Bonchev–Trinajstić information content (AvgIpc) is 2.26. The number of hydrogen-bond acceptors (Lipinski definition) is 2. The summed E-state index contributed by atoms with van der Waals surface area (Å²) < 4.78 is 0. The van der Waals surface area contributed by atoms with Gasteiger partial charge in [-0.05, 0) is 31.1 Å². The summed E-state index contributed by atoms with van der Waals surface area (Å²) in [6.45, 7) is 7.69. The van der Waals surface area contributed by atoms with Crippen molar-refractivity contribution in [1.82, 2.24) is 10.7 Å². The molecule has 0 spiro atoms. The van der Waals surface area contributed by atoms with Crippen LogP contribution in [0.15, 0.2) is 4.99 Å². The van der Waals surface area contributed by atoms with Gasteiger partial charge >= 0.3 is 0 Å². The average molecular weight is 240 g/mol. The third-order valence-electron chi connectivity index (χ3n) is 3.46. The smallest absolute Gasteiger partial charge is 0.205 e. The molecule has 1 aliphatic rings. The summed E-state index contributed by atoms with van der Waals surface area (Å²) in [7, 11) is 0. The molecule has 1 aliphatic carbocycles. The Hall–Kier alpha value is -0.770. The van der Waals surface area contributed by atoms with Crippen molar-refractivity contribution in [3.05, 3.63) is 0 Å². The molecule has 1 atom stereocenters. The molecule has 1 saturated carbocycles. The Morgan fingerprint density at radius 1 is 1.47 bits per heavy atom. The second-order valence-electron chi connectivity index (χ2n) is 5.83. The molecule has 100 valence electrons. The lowest BCUT2D eigenvalue weighted by Crippen LogP contribution is -2.48. The number of nitrogens with zero attached hydrogens (tertiary/aromatic N) is 1. The molecule has 1 fully saturated rings. The van der Waals surface area contributed by atoms with Crippen LogP contribution in [-0.4, -0.2) is 18.5 Å². The van der Waals surface area contributed by atoms with E-state index in [1.165, 1.54) is 25.7 Å². The predicted molar refractivity (Wildman–Crippen MR) is 73.7 cm³/mol. The number of nitrogens with one attached hydrogen (secondary N) is 2. The predicted octanol–water partition coefficient (Wildman–Crippen LogP) is 2.16. The molecule has 0 saturated heterocycles. The third kappa shape index (κ3) is 5.39. The van der Waals surface area contributed by atoms with Crippen LogP contribution in [0.2, 0.25) is 0 Å². The summed E-state index contributed by atoms with van der Waals surface area (Å²) in [5, 5.41) is 3.43. The fraction of sp³-hybridized carbons (Fsp3) is 0.923. The van der Waals surface area contributed by atoms with Gasteiger partial charge in [0.15, 0.2) is 0 Å². The van der Waals surface area contributed by atoms with Gasteiger partial charge in [0, 0.05) is 12.6 Å². The van der Waals surface area contributed by atoms with Crippen molar-refractivity contribution in [1.29, 1.82) is 0 Å². The van der Waals surface area contributed by atoms with Gasteiger partial charge in [0.1, 0.15) is 0 Å². The van der Waals surface area contributed by atoms with E-state index >= 15 is 0 Å². The van der Waals surface area contributed by atoms with E-state index in [1.807, 2.05) is 0 Å². The standard InChI is InChI=1S/C13H28N4/c1-4-5-9-15-12(17-14)16-11-7-6-8-13(2,3)10-11/h11H,4-10,14H2,1-3H3,(H2,15,16,17). The molecule has 4 N–H and O–H groups in total. The first-order valence-corrected chi connectivity index (χ1v) is 6.85. The maximum absolute atomic E-state index is 5.50. The minimum atomic E-state index is 0.443. The lowest BCUT2D eigenvalue weighted by Gasteiger charge is -2.36. The quantitative estimate of drug-likeness (QED) is 0.232. The van der Waals surface area contributed by atoms with Crippen LogP contribution in [0.4, 0.5) is 0 Å². The first-order chi connectivity index (χ1) is 8.07. The highest BCUT2D eigenvalue weighted by Crippen LogP contribution is 2.34. The molecule has 0 amide bonds. The lowest BCUT2D eigenvalue weighted by atomic mass is 9.75. The van der Waals surface area contributed by atoms with Gasteiger partial charge in [-0.25, -0.2) is 5.84 Å². The van der Waals surface area contributed by atoms with Gasteiger partial charge in [-0.2, -0.15) is 0 Å². The number of hydrogen-bond donors (Lipinski definition) is 3. The first-order valence-electron chi connectivity index (χ1n) is 6.85. The zero-order chi connectivity index (χ0) is 12.7. The second-order valence-corrected chi connectivity index (χ2v) is 5.83. The van der Waals surface area contributed by atoms with E-state index in [1.54, 1.807) is 0 Å². The van der Waals surface area contributed by atoms with Crippen molar-refractivity contribution in [2.45, 2.75) is 65.3 Å². The van der Waals surface area contributed by atoms with Crippen molar-refractivity contribution in [3.63, 3.8) is 0 Å². The molecule has 0 aromatic heterocycles. The summed E-state index contributed by atoms with van der Waals surface area (Å²) in [5.74, 6) is 6.25. The Morgan fingerprint density at radius 3 is 2.82 bits per heavy atom. The van der Waals surface area contributed by atoms with E-state index in [9.17, 15) is 0 Å². The SMILES string of the molecule is CCCCN=C(NN)NC1CCCC(C)(C)C1. The van der Waals surface area contributed by atoms with Crippen LogP contribution in [-0.2, 0) is 0 Å². The molecule has 0 bridgehead atoms. The van der Waals surface area contributed by atoms with Crippen LogP contribution in [0.5, 0.6) is 0 Å². The molecule has 0 heterocycles. The fourth-order valence-electron chi connectivity index (χ4n) is 2.50. The van der Waals surface area contributed by atoms with Gasteiger partial charge in [0.25, 0.3) is 0 Å². The zero-order valence-corrected chi connectivity index (χ0v) is 11.6. The van der Waals surface area contributed by atoms with Crippen LogP contribution < -0.4 is 16.6 Å². The number of hydrazine groups is 1. The Balaban J connectivity index is 2.42. The lowest BCUT2D eigenvalue weighted by molar-refractivity contribution is 0.210. The molecule has 17 heavy (non-hydrogen) atoms. The van der Waals surface area contributed by atoms with E-state index in [0.29, 0.717) is 11.5 Å². The number of nitrogens with two attached hydrogens (primary N) is 1.